The molecule has 2 amide bonds. The van der Waals surface area contributed by atoms with E-state index in [2.05, 4.69) is 20.6 Å². The molecule has 0 aliphatic rings. The lowest BCUT2D eigenvalue weighted by Gasteiger charge is -2.09. The summed E-state index contributed by atoms with van der Waals surface area (Å²) >= 11 is 5.41. The van der Waals surface area contributed by atoms with Crippen LogP contribution in [0, 0.1) is 0 Å². The minimum Gasteiger partial charge on any atom is -0.494 e. The van der Waals surface area contributed by atoms with Crippen molar-refractivity contribution < 1.29 is 27.5 Å². The lowest BCUT2D eigenvalue weighted by atomic mass is 10.2. The summed E-state index contributed by atoms with van der Waals surface area (Å²) in [5.74, 6) is 0.351. The SMILES string of the molecule is CCOc1ccc2nc(SCC(=O)Nc3ccc4nc(SCC(=O)Nc5cccc(C(F)(F)F)c5)sc4c3)sc2c1. The molecule has 14 heteroatoms. The molecule has 0 bridgehead atoms. The van der Waals surface area contributed by atoms with E-state index in [9.17, 15) is 22.8 Å². The van der Waals surface area contributed by atoms with Crippen molar-refractivity contribution in [2.45, 2.75) is 21.8 Å². The van der Waals surface area contributed by atoms with Crippen LogP contribution in [0.3, 0.4) is 0 Å². The Morgan fingerprint density at radius 1 is 0.829 bits per heavy atom. The maximum Gasteiger partial charge on any atom is 0.416 e. The Labute approximate surface area is 248 Å². The Bertz CT molecular complexity index is 1720. The predicted molar refractivity (Wildman–Crippen MR) is 161 cm³/mol. The monoisotopic (exact) mass is 634 g/mol. The molecule has 2 heterocycles. The van der Waals surface area contributed by atoms with Crippen LogP contribution in [0.15, 0.2) is 69.3 Å². The number of benzene rings is 3. The van der Waals surface area contributed by atoms with Crippen LogP contribution in [-0.2, 0) is 15.8 Å². The van der Waals surface area contributed by atoms with Gasteiger partial charge in [0.25, 0.3) is 0 Å². The largest absolute Gasteiger partial charge is 0.494 e. The molecule has 0 unspecified atom stereocenters. The van der Waals surface area contributed by atoms with Crippen molar-refractivity contribution in [1.29, 1.82) is 0 Å². The first kappa shape index (κ1) is 29.2. The van der Waals surface area contributed by atoms with Gasteiger partial charge in [0, 0.05) is 11.4 Å². The van der Waals surface area contributed by atoms with Gasteiger partial charge in [0.2, 0.25) is 11.8 Å². The number of carbonyl (C=O) groups is 2. The first-order valence-corrected chi connectivity index (χ1v) is 15.7. The number of hydrogen-bond donors (Lipinski definition) is 2. The van der Waals surface area contributed by atoms with E-state index in [1.807, 2.05) is 31.2 Å². The number of anilines is 2. The zero-order valence-corrected chi connectivity index (χ0v) is 24.5. The van der Waals surface area contributed by atoms with Crippen molar-refractivity contribution in [3.05, 3.63) is 66.2 Å². The Hall–Kier alpha value is -3.33. The minimum absolute atomic E-state index is 0.0183. The molecule has 5 rings (SSSR count). The number of nitrogens with zero attached hydrogens (tertiary/aromatic N) is 2. The van der Waals surface area contributed by atoms with E-state index in [4.69, 9.17) is 4.74 Å². The first-order chi connectivity index (χ1) is 19.7. The van der Waals surface area contributed by atoms with E-state index in [0.717, 1.165) is 37.1 Å². The van der Waals surface area contributed by atoms with E-state index in [1.165, 1.54) is 58.3 Å². The molecule has 0 aliphatic carbocycles. The maximum atomic E-state index is 12.9. The van der Waals surface area contributed by atoms with Gasteiger partial charge in [-0.1, -0.05) is 29.6 Å². The number of carbonyl (C=O) groups excluding carboxylic acids is 2. The number of alkyl halides is 3. The standard InChI is InChI=1S/C27H21F3N4O3S4/c1-2-37-18-7-9-20-22(12-18)41-26(34-20)39-14-24(36)32-17-6-8-19-21(11-17)40-25(33-19)38-13-23(35)31-16-5-3-4-15(10-16)27(28,29)30/h3-12H,2,13-14H2,1H3,(H,31,35)(H,32,36). The fraction of sp³-hybridized carbons (Fsp3) is 0.185. The Balaban J connectivity index is 1.13. The van der Waals surface area contributed by atoms with E-state index in [-0.39, 0.29) is 23.1 Å². The van der Waals surface area contributed by atoms with Crippen molar-refractivity contribution in [2.75, 3.05) is 28.7 Å². The second-order valence-corrected chi connectivity index (χ2v) is 13.0. The summed E-state index contributed by atoms with van der Waals surface area (Å²) in [7, 11) is 0. The molecule has 41 heavy (non-hydrogen) atoms. The molecule has 0 saturated carbocycles. The summed E-state index contributed by atoms with van der Waals surface area (Å²) in [4.78, 5) is 33.9. The van der Waals surface area contributed by atoms with Crippen molar-refractivity contribution in [3.63, 3.8) is 0 Å². The summed E-state index contributed by atoms with van der Waals surface area (Å²) in [5.41, 5.74) is 1.44. The number of amides is 2. The van der Waals surface area contributed by atoms with Crippen LogP contribution in [0.25, 0.3) is 20.4 Å². The molecule has 2 aromatic heterocycles. The number of rotatable bonds is 10. The fourth-order valence-electron chi connectivity index (χ4n) is 3.67. The Morgan fingerprint density at radius 2 is 1.41 bits per heavy atom. The molecular formula is C27H21F3N4O3S4. The predicted octanol–water partition coefficient (Wildman–Crippen LogP) is 7.79. The molecule has 3 aromatic carbocycles. The zero-order valence-electron chi connectivity index (χ0n) is 21.3. The van der Waals surface area contributed by atoms with E-state index >= 15 is 0 Å². The van der Waals surface area contributed by atoms with Crippen LogP contribution in [0.5, 0.6) is 5.75 Å². The second kappa shape index (κ2) is 12.7. The first-order valence-electron chi connectivity index (χ1n) is 12.1. The van der Waals surface area contributed by atoms with Crippen LogP contribution < -0.4 is 15.4 Å². The highest BCUT2D eigenvalue weighted by molar-refractivity contribution is 8.02. The molecule has 7 nitrogen and oxygen atoms in total. The minimum atomic E-state index is -4.49. The molecular weight excluding hydrogens is 614 g/mol. The molecule has 2 N–H and O–H groups in total. The van der Waals surface area contributed by atoms with Crippen LogP contribution in [0.2, 0.25) is 0 Å². The van der Waals surface area contributed by atoms with Crippen molar-refractivity contribution in [2.24, 2.45) is 0 Å². The maximum absolute atomic E-state index is 12.9. The third-order valence-corrected chi connectivity index (χ3v) is 9.75. The molecule has 0 spiro atoms. The average molecular weight is 635 g/mol. The molecule has 0 radical (unpaired) electrons. The van der Waals surface area contributed by atoms with Gasteiger partial charge in [0.15, 0.2) is 8.68 Å². The number of hydrogen-bond acceptors (Lipinski definition) is 9. The van der Waals surface area contributed by atoms with Gasteiger partial charge in [0.05, 0.1) is 44.1 Å². The summed E-state index contributed by atoms with van der Waals surface area (Å²) in [5, 5.41) is 5.38. The summed E-state index contributed by atoms with van der Waals surface area (Å²) < 4.78 is 47.5. The number of thioether (sulfide) groups is 2. The van der Waals surface area contributed by atoms with E-state index < -0.39 is 17.6 Å². The van der Waals surface area contributed by atoms with Gasteiger partial charge < -0.3 is 15.4 Å². The number of thiazole rings is 2. The van der Waals surface area contributed by atoms with Gasteiger partial charge in [-0.05, 0) is 61.5 Å². The van der Waals surface area contributed by atoms with Crippen LogP contribution in [0.1, 0.15) is 12.5 Å². The lowest BCUT2D eigenvalue weighted by Crippen LogP contribution is -2.14. The van der Waals surface area contributed by atoms with Crippen LogP contribution in [0.4, 0.5) is 24.5 Å². The third-order valence-electron chi connectivity index (χ3n) is 5.43. The lowest BCUT2D eigenvalue weighted by molar-refractivity contribution is -0.137. The van der Waals surface area contributed by atoms with Gasteiger partial charge >= 0.3 is 6.18 Å². The average Bonchev–Trinajstić information content (AvgIpc) is 3.53. The fourth-order valence-corrected chi connectivity index (χ4v) is 7.47. The van der Waals surface area contributed by atoms with Crippen molar-refractivity contribution >= 4 is 89.8 Å². The van der Waals surface area contributed by atoms with Crippen LogP contribution in [-0.4, -0.2) is 39.9 Å². The summed E-state index contributed by atoms with van der Waals surface area (Å²) in [6, 6.07) is 15.6. The highest BCUT2D eigenvalue weighted by atomic mass is 32.2. The smallest absolute Gasteiger partial charge is 0.416 e. The number of aromatic nitrogens is 2. The van der Waals surface area contributed by atoms with Gasteiger partial charge in [0.1, 0.15) is 5.75 Å². The Morgan fingerprint density at radius 3 is 2.02 bits per heavy atom. The van der Waals surface area contributed by atoms with E-state index in [1.54, 1.807) is 12.1 Å². The van der Waals surface area contributed by atoms with Crippen molar-refractivity contribution in [1.82, 2.24) is 9.97 Å². The Kier molecular flexibility index (Phi) is 9.02. The van der Waals surface area contributed by atoms with E-state index in [0.29, 0.717) is 22.2 Å². The highest BCUT2D eigenvalue weighted by Crippen LogP contribution is 2.34. The molecule has 5 aromatic rings. The summed E-state index contributed by atoms with van der Waals surface area (Å²) in [6.07, 6.45) is -4.49. The highest BCUT2D eigenvalue weighted by Gasteiger charge is 2.30. The number of fused-ring (bicyclic) bond motifs is 2. The van der Waals surface area contributed by atoms with Crippen molar-refractivity contribution in [3.8, 4) is 5.75 Å². The normalized spacial score (nSPS) is 11.6. The van der Waals surface area contributed by atoms with Crippen LogP contribution >= 0.6 is 46.2 Å². The topological polar surface area (TPSA) is 93.2 Å². The number of halogens is 3. The third kappa shape index (κ3) is 7.70. The molecule has 0 saturated heterocycles. The second-order valence-electron chi connectivity index (χ2n) is 8.46. The quantitative estimate of drug-likeness (QED) is 0.152. The zero-order chi connectivity index (χ0) is 29.0. The molecule has 0 atom stereocenters. The molecule has 0 fully saturated rings. The number of nitrogens with one attached hydrogen (secondary N) is 2. The van der Waals surface area contributed by atoms with Gasteiger partial charge in [-0.25, -0.2) is 9.97 Å². The molecule has 0 aliphatic heterocycles. The van der Waals surface area contributed by atoms with Gasteiger partial charge in [-0.2, -0.15) is 13.2 Å². The van der Waals surface area contributed by atoms with Gasteiger partial charge in [-0.15, -0.1) is 22.7 Å². The van der Waals surface area contributed by atoms with Gasteiger partial charge in [-0.3, -0.25) is 9.59 Å². The summed E-state index contributed by atoms with van der Waals surface area (Å²) in [6.45, 7) is 2.52. The number of ether oxygens (including phenoxy) is 1. The molecule has 212 valence electrons.